The van der Waals surface area contributed by atoms with Crippen molar-refractivity contribution >= 4 is 39.1 Å². The van der Waals surface area contributed by atoms with Crippen molar-refractivity contribution in [1.82, 2.24) is 4.68 Å². The van der Waals surface area contributed by atoms with Crippen molar-refractivity contribution in [2.24, 2.45) is 10.1 Å². The van der Waals surface area contributed by atoms with Crippen molar-refractivity contribution in [3.63, 3.8) is 0 Å². The maximum Gasteiger partial charge on any atom is 0.205 e. The summed E-state index contributed by atoms with van der Waals surface area (Å²) in [5.74, 6) is 1.46. The van der Waals surface area contributed by atoms with E-state index >= 15 is 0 Å². The van der Waals surface area contributed by atoms with Crippen molar-refractivity contribution in [1.29, 1.82) is 0 Å². The molecule has 5 nitrogen and oxygen atoms in total. The van der Waals surface area contributed by atoms with Crippen molar-refractivity contribution in [3.8, 4) is 22.8 Å². The van der Waals surface area contributed by atoms with Gasteiger partial charge in [0.15, 0.2) is 0 Å². The number of rotatable bonds is 5. The molecule has 0 bridgehead atoms. The molecule has 0 amide bonds. The van der Waals surface area contributed by atoms with Gasteiger partial charge < -0.3 is 9.47 Å². The Morgan fingerprint density at radius 2 is 1.55 bits per heavy atom. The van der Waals surface area contributed by atoms with Gasteiger partial charge in [0.2, 0.25) is 4.80 Å². The highest BCUT2D eigenvalue weighted by Crippen LogP contribution is 2.34. The standard InChI is InChI=1S/C27H23N3O2S/c1-28-27-30(25(17-33-27)23-13-12-20(31-2)15-26(23)32-3)29-16-24-21-10-6-4-8-18(21)14-19-9-5-7-11-22(19)24/h4-17H,1-3H3. The molecule has 0 spiro atoms. The molecule has 0 unspecified atom stereocenters. The molecular formula is C27H23N3O2S. The molecule has 5 rings (SSSR count). The SMILES string of the molecule is CN=c1scc(-c2ccc(OC)cc2OC)n1N=Cc1c2ccccc2cc2ccccc12. The lowest BCUT2D eigenvalue weighted by molar-refractivity contribution is 0.395. The molecule has 0 fully saturated rings. The van der Waals surface area contributed by atoms with Gasteiger partial charge >= 0.3 is 0 Å². The highest BCUT2D eigenvalue weighted by molar-refractivity contribution is 7.07. The van der Waals surface area contributed by atoms with E-state index in [0.717, 1.165) is 43.9 Å². The molecule has 0 aliphatic rings. The van der Waals surface area contributed by atoms with Crippen LogP contribution in [0.1, 0.15) is 5.56 Å². The average Bonchev–Trinajstić information content (AvgIpc) is 3.28. The van der Waals surface area contributed by atoms with Gasteiger partial charge in [-0.3, -0.25) is 4.99 Å². The molecule has 0 saturated heterocycles. The fourth-order valence-corrected chi connectivity index (χ4v) is 4.86. The summed E-state index contributed by atoms with van der Waals surface area (Å²) in [5.41, 5.74) is 2.90. The van der Waals surface area contributed by atoms with Crippen LogP contribution in [0, 0.1) is 0 Å². The van der Waals surface area contributed by atoms with Crippen LogP contribution in [-0.2, 0) is 0 Å². The van der Waals surface area contributed by atoms with Crippen LogP contribution in [0.15, 0.2) is 88.3 Å². The molecule has 1 heterocycles. The van der Waals surface area contributed by atoms with Crippen molar-refractivity contribution < 1.29 is 9.47 Å². The van der Waals surface area contributed by atoms with E-state index in [-0.39, 0.29) is 0 Å². The number of nitrogens with zero attached hydrogens (tertiary/aromatic N) is 3. The Hall–Kier alpha value is -3.90. The van der Waals surface area contributed by atoms with Gasteiger partial charge in [0.05, 0.1) is 26.1 Å². The Bertz CT molecular complexity index is 1510. The van der Waals surface area contributed by atoms with Crippen LogP contribution in [0.2, 0.25) is 0 Å². The molecule has 0 aliphatic heterocycles. The molecule has 4 aromatic carbocycles. The van der Waals surface area contributed by atoms with E-state index in [2.05, 4.69) is 59.6 Å². The van der Waals surface area contributed by atoms with Gasteiger partial charge in [-0.15, -0.1) is 11.3 Å². The molecule has 5 aromatic rings. The lowest BCUT2D eigenvalue weighted by Crippen LogP contribution is -2.12. The Labute approximate surface area is 195 Å². The summed E-state index contributed by atoms with van der Waals surface area (Å²) in [4.78, 5) is 5.24. The van der Waals surface area contributed by atoms with Gasteiger partial charge in [0.25, 0.3) is 0 Å². The molecule has 6 heteroatoms. The van der Waals surface area contributed by atoms with Crippen LogP contribution in [0.3, 0.4) is 0 Å². The minimum Gasteiger partial charge on any atom is -0.497 e. The number of aromatic nitrogens is 1. The van der Waals surface area contributed by atoms with Crippen LogP contribution < -0.4 is 14.3 Å². The number of methoxy groups -OCH3 is 2. The predicted octanol–water partition coefficient (Wildman–Crippen LogP) is 5.95. The lowest BCUT2D eigenvalue weighted by atomic mass is 9.97. The molecule has 0 N–H and O–H groups in total. The molecule has 0 saturated carbocycles. The van der Waals surface area contributed by atoms with Gasteiger partial charge in [0, 0.05) is 29.6 Å². The summed E-state index contributed by atoms with van der Waals surface area (Å²) in [6, 6.07) is 24.8. The zero-order valence-corrected chi connectivity index (χ0v) is 19.5. The summed E-state index contributed by atoms with van der Waals surface area (Å²) in [6.07, 6.45) is 1.94. The summed E-state index contributed by atoms with van der Waals surface area (Å²) in [7, 11) is 5.08. The van der Waals surface area contributed by atoms with Gasteiger partial charge in [-0.2, -0.15) is 5.10 Å². The first-order valence-corrected chi connectivity index (χ1v) is 11.4. The van der Waals surface area contributed by atoms with E-state index in [9.17, 15) is 0 Å². The molecule has 0 atom stereocenters. The van der Waals surface area contributed by atoms with Crippen molar-refractivity contribution in [2.45, 2.75) is 0 Å². The van der Waals surface area contributed by atoms with Gasteiger partial charge in [-0.25, -0.2) is 4.68 Å². The van der Waals surface area contributed by atoms with Crippen LogP contribution >= 0.6 is 11.3 Å². The Balaban J connectivity index is 1.71. The Morgan fingerprint density at radius 1 is 0.848 bits per heavy atom. The summed E-state index contributed by atoms with van der Waals surface area (Å²) in [5, 5.41) is 11.7. The van der Waals surface area contributed by atoms with Crippen LogP contribution in [0.4, 0.5) is 0 Å². The topological polar surface area (TPSA) is 48.1 Å². The largest absolute Gasteiger partial charge is 0.497 e. The minimum absolute atomic E-state index is 0.717. The van der Waals surface area contributed by atoms with Crippen molar-refractivity contribution in [3.05, 3.63) is 88.5 Å². The first-order chi connectivity index (χ1) is 16.2. The van der Waals surface area contributed by atoms with E-state index in [0.29, 0.717) is 0 Å². The summed E-state index contributed by atoms with van der Waals surface area (Å²) < 4.78 is 12.9. The van der Waals surface area contributed by atoms with Gasteiger partial charge in [-0.1, -0.05) is 48.5 Å². The fourth-order valence-electron chi connectivity index (χ4n) is 4.06. The smallest absolute Gasteiger partial charge is 0.205 e. The zero-order valence-electron chi connectivity index (χ0n) is 18.6. The highest BCUT2D eigenvalue weighted by Gasteiger charge is 2.14. The molecule has 33 heavy (non-hydrogen) atoms. The second-order valence-electron chi connectivity index (χ2n) is 7.48. The maximum absolute atomic E-state index is 5.65. The average molecular weight is 454 g/mol. The minimum atomic E-state index is 0.717. The highest BCUT2D eigenvalue weighted by atomic mass is 32.1. The van der Waals surface area contributed by atoms with Crippen LogP contribution in [0.5, 0.6) is 11.5 Å². The summed E-state index contributed by atoms with van der Waals surface area (Å²) in [6.45, 7) is 0. The normalized spacial score (nSPS) is 12.2. The van der Waals surface area contributed by atoms with E-state index in [1.165, 1.54) is 22.1 Å². The molecule has 1 aromatic heterocycles. The second-order valence-corrected chi connectivity index (χ2v) is 8.32. The Morgan fingerprint density at radius 3 is 2.18 bits per heavy atom. The van der Waals surface area contributed by atoms with E-state index < -0.39 is 0 Å². The first kappa shape index (κ1) is 21.0. The maximum atomic E-state index is 5.65. The molecule has 0 radical (unpaired) electrons. The predicted molar refractivity (Wildman–Crippen MR) is 137 cm³/mol. The zero-order chi connectivity index (χ0) is 22.8. The van der Waals surface area contributed by atoms with Crippen molar-refractivity contribution in [2.75, 3.05) is 21.3 Å². The first-order valence-electron chi connectivity index (χ1n) is 10.5. The number of hydrogen-bond acceptors (Lipinski definition) is 5. The molecule has 164 valence electrons. The van der Waals surface area contributed by atoms with E-state index in [1.54, 1.807) is 21.3 Å². The monoisotopic (exact) mass is 453 g/mol. The molecule has 0 aliphatic carbocycles. The van der Waals surface area contributed by atoms with Gasteiger partial charge in [-0.05, 0) is 39.7 Å². The Kier molecular flexibility index (Phi) is 5.67. The number of fused-ring (bicyclic) bond motifs is 2. The van der Waals surface area contributed by atoms with E-state index in [1.807, 2.05) is 34.5 Å². The third-order valence-electron chi connectivity index (χ3n) is 5.68. The third kappa shape index (κ3) is 3.79. The lowest BCUT2D eigenvalue weighted by Gasteiger charge is -2.11. The van der Waals surface area contributed by atoms with E-state index in [4.69, 9.17) is 14.6 Å². The van der Waals surface area contributed by atoms with Crippen LogP contribution in [0.25, 0.3) is 32.8 Å². The number of ether oxygens (including phenoxy) is 2. The third-order valence-corrected chi connectivity index (χ3v) is 6.58. The quantitative estimate of drug-likeness (QED) is 0.244. The molecular weight excluding hydrogens is 430 g/mol. The second kappa shape index (κ2) is 8.92. The summed E-state index contributed by atoms with van der Waals surface area (Å²) >= 11 is 1.54. The number of hydrogen-bond donors (Lipinski definition) is 0. The van der Waals surface area contributed by atoms with Crippen LogP contribution in [-0.4, -0.2) is 32.2 Å². The van der Waals surface area contributed by atoms with Gasteiger partial charge in [0.1, 0.15) is 11.5 Å². The number of thiazole rings is 1. The fraction of sp³-hybridized carbons (Fsp3) is 0.111. The number of benzene rings is 4.